The van der Waals surface area contributed by atoms with Crippen LogP contribution in [0.5, 0.6) is 0 Å². The summed E-state index contributed by atoms with van der Waals surface area (Å²) in [7, 11) is 2.14. The maximum absolute atomic E-state index is 6.05. The molecular weight excluding hydrogens is 240 g/mol. The van der Waals surface area contributed by atoms with Gasteiger partial charge in [-0.05, 0) is 31.5 Å². The van der Waals surface area contributed by atoms with E-state index in [1.807, 2.05) is 12.4 Å². The molecule has 0 aromatic carbocycles. The summed E-state index contributed by atoms with van der Waals surface area (Å²) < 4.78 is 12.0. The fraction of sp³-hybridized carbons (Fsp3) is 0.667. The van der Waals surface area contributed by atoms with Gasteiger partial charge in [-0.3, -0.25) is 4.98 Å². The average Bonchev–Trinajstić information content (AvgIpc) is 2.35. The average molecular weight is 262 g/mol. The van der Waals surface area contributed by atoms with E-state index in [4.69, 9.17) is 9.47 Å². The van der Waals surface area contributed by atoms with Crippen LogP contribution in [0.15, 0.2) is 18.5 Å². The van der Waals surface area contributed by atoms with Crippen molar-refractivity contribution in [2.45, 2.75) is 38.1 Å². The molecule has 0 N–H and O–H groups in total. The van der Waals surface area contributed by atoms with Gasteiger partial charge in [0.1, 0.15) is 0 Å². The zero-order chi connectivity index (χ0) is 13.3. The zero-order valence-corrected chi connectivity index (χ0v) is 11.8. The predicted molar refractivity (Wildman–Crippen MR) is 73.0 cm³/mol. The topological polar surface area (TPSA) is 34.6 Å². The second-order valence-corrected chi connectivity index (χ2v) is 6.00. The van der Waals surface area contributed by atoms with Gasteiger partial charge < -0.3 is 14.4 Å². The van der Waals surface area contributed by atoms with E-state index in [2.05, 4.69) is 29.9 Å². The second-order valence-electron chi connectivity index (χ2n) is 6.00. The maximum Gasteiger partial charge on any atom is 0.0959 e. The van der Waals surface area contributed by atoms with Gasteiger partial charge in [0.15, 0.2) is 0 Å². The van der Waals surface area contributed by atoms with Crippen molar-refractivity contribution in [2.24, 2.45) is 0 Å². The Morgan fingerprint density at radius 3 is 3.05 bits per heavy atom. The molecule has 0 aliphatic carbocycles. The minimum absolute atomic E-state index is 0.0719. The molecule has 0 amide bonds. The van der Waals surface area contributed by atoms with E-state index in [1.54, 1.807) is 0 Å². The van der Waals surface area contributed by atoms with Crippen LogP contribution in [0.3, 0.4) is 0 Å². The summed E-state index contributed by atoms with van der Waals surface area (Å²) in [5.74, 6) is 0. The van der Waals surface area contributed by atoms with E-state index in [9.17, 15) is 0 Å². The highest BCUT2D eigenvalue weighted by Gasteiger charge is 2.46. The fourth-order valence-corrected chi connectivity index (χ4v) is 3.19. The van der Waals surface area contributed by atoms with Crippen LogP contribution < -0.4 is 0 Å². The monoisotopic (exact) mass is 262 g/mol. The third kappa shape index (κ3) is 2.96. The lowest BCUT2D eigenvalue weighted by Gasteiger charge is -2.51. The first-order chi connectivity index (χ1) is 9.15. The summed E-state index contributed by atoms with van der Waals surface area (Å²) in [6.45, 7) is 5.62. The zero-order valence-electron chi connectivity index (χ0n) is 11.8. The normalized spacial score (nSPS) is 26.3. The van der Waals surface area contributed by atoms with Crippen LogP contribution in [-0.2, 0) is 16.1 Å². The van der Waals surface area contributed by atoms with E-state index in [0.717, 1.165) is 38.1 Å². The molecule has 0 bridgehead atoms. The Balaban J connectivity index is 1.53. The Morgan fingerprint density at radius 2 is 2.32 bits per heavy atom. The molecule has 2 fully saturated rings. The number of aryl methyl sites for hydroxylation is 1. The van der Waals surface area contributed by atoms with Gasteiger partial charge in [-0.1, -0.05) is 6.07 Å². The Morgan fingerprint density at radius 1 is 1.47 bits per heavy atom. The molecule has 1 spiro atoms. The molecule has 1 aromatic rings. The highest BCUT2D eigenvalue weighted by molar-refractivity contribution is 5.15. The highest BCUT2D eigenvalue weighted by Crippen LogP contribution is 2.34. The van der Waals surface area contributed by atoms with Crippen molar-refractivity contribution in [1.82, 2.24) is 9.88 Å². The van der Waals surface area contributed by atoms with E-state index in [0.29, 0.717) is 12.7 Å². The molecule has 0 unspecified atom stereocenters. The van der Waals surface area contributed by atoms with Gasteiger partial charge >= 0.3 is 0 Å². The first-order valence-corrected chi connectivity index (χ1v) is 7.00. The van der Waals surface area contributed by atoms with E-state index in [1.165, 1.54) is 5.56 Å². The molecule has 3 rings (SSSR count). The first kappa shape index (κ1) is 13.0. The number of nitrogens with zero attached hydrogens (tertiary/aromatic N) is 2. The minimum atomic E-state index is 0.0719. The molecule has 0 saturated carbocycles. The number of likely N-dealkylation sites (tertiary alicyclic amines) is 1. The van der Waals surface area contributed by atoms with Gasteiger partial charge in [-0.25, -0.2) is 0 Å². The summed E-state index contributed by atoms with van der Waals surface area (Å²) in [4.78, 5) is 6.50. The first-order valence-electron chi connectivity index (χ1n) is 7.00. The summed E-state index contributed by atoms with van der Waals surface area (Å²) in [5.41, 5.74) is 2.42. The molecule has 2 aliphatic rings. The third-order valence-electron chi connectivity index (χ3n) is 3.98. The smallest absolute Gasteiger partial charge is 0.0959 e. The number of rotatable bonds is 3. The van der Waals surface area contributed by atoms with Crippen molar-refractivity contribution in [3.63, 3.8) is 0 Å². The van der Waals surface area contributed by atoms with Crippen molar-refractivity contribution in [3.05, 3.63) is 29.6 Å². The molecule has 1 atom stereocenters. The lowest BCUT2D eigenvalue weighted by atomic mass is 9.85. The molecule has 3 heterocycles. The molecule has 2 saturated heterocycles. The van der Waals surface area contributed by atoms with E-state index >= 15 is 0 Å². The molecule has 1 aromatic heterocycles. The van der Waals surface area contributed by atoms with Crippen molar-refractivity contribution >= 4 is 0 Å². The number of likely N-dealkylation sites (N-methyl/N-ethyl adjacent to an activating group) is 1. The minimum Gasteiger partial charge on any atom is -0.373 e. The van der Waals surface area contributed by atoms with Crippen molar-refractivity contribution < 1.29 is 9.47 Å². The number of pyridine rings is 1. The van der Waals surface area contributed by atoms with Crippen LogP contribution in [0.2, 0.25) is 0 Å². The number of hydrogen-bond donors (Lipinski definition) is 0. The number of aromatic nitrogens is 1. The van der Waals surface area contributed by atoms with Gasteiger partial charge in [0.2, 0.25) is 0 Å². The summed E-state index contributed by atoms with van der Waals surface area (Å²) in [5, 5.41) is 0. The van der Waals surface area contributed by atoms with Crippen LogP contribution in [0.25, 0.3) is 0 Å². The van der Waals surface area contributed by atoms with Crippen molar-refractivity contribution in [3.8, 4) is 0 Å². The van der Waals surface area contributed by atoms with Crippen LogP contribution in [-0.4, -0.2) is 48.3 Å². The van der Waals surface area contributed by atoms with Gasteiger partial charge in [0.05, 0.1) is 18.3 Å². The molecular formula is C15H22N2O2. The number of hydrogen-bond acceptors (Lipinski definition) is 4. The Kier molecular flexibility index (Phi) is 3.56. The quantitative estimate of drug-likeness (QED) is 0.831. The molecule has 0 radical (unpaired) electrons. The highest BCUT2D eigenvalue weighted by atomic mass is 16.5. The van der Waals surface area contributed by atoms with Gasteiger partial charge in [-0.15, -0.1) is 0 Å². The SMILES string of the molecule is Cc1cncc(CO[C@H]2CCOC3(C2)CN(C)C3)c1. The lowest BCUT2D eigenvalue weighted by molar-refractivity contribution is -0.193. The van der Waals surface area contributed by atoms with Gasteiger partial charge in [-0.2, -0.15) is 0 Å². The van der Waals surface area contributed by atoms with Crippen LogP contribution in [0.4, 0.5) is 0 Å². The fourth-order valence-electron chi connectivity index (χ4n) is 3.19. The lowest BCUT2D eigenvalue weighted by Crippen LogP contribution is -2.64. The molecule has 19 heavy (non-hydrogen) atoms. The van der Waals surface area contributed by atoms with Crippen molar-refractivity contribution in [2.75, 3.05) is 26.7 Å². The van der Waals surface area contributed by atoms with Crippen molar-refractivity contribution in [1.29, 1.82) is 0 Å². The summed E-state index contributed by atoms with van der Waals surface area (Å²) in [6, 6.07) is 2.14. The number of ether oxygens (including phenoxy) is 2. The summed E-state index contributed by atoms with van der Waals surface area (Å²) >= 11 is 0. The molecule has 4 nitrogen and oxygen atoms in total. The van der Waals surface area contributed by atoms with E-state index in [-0.39, 0.29) is 5.60 Å². The van der Waals surface area contributed by atoms with Crippen LogP contribution in [0, 0.1) is 6.92 Å². The summed E-state index contributed by atoms with van der Waals surface area (Å²) in [6.07, 6.45) is 6.11. The third-order valence-corrected chi connectivity index (χ3v) is 3.98. The Bertz CT molecular complexity index is 438. The Labute approximate surface area is 114 Å². The molecule has 2 aliphatic heterocycles. The Hall–Kier alpha value is -0.970. The van der Waals surface area contributed by atoms with Gasteiger partial charge in [0.25, 0.3) is 0 Å². The second kappa shape index (κ2) is 5.19. The van der Waals surface area contributed by atoms with Crippen LogP contribution in [0.1, 0.15) is 24.0 Å². The standard InChI is InChI=1S/C15H22N2O2/c1-12-5-13(8-16-7-12)9-18-14-3-4-19-15(6-14)10-17(2)11-15/h5,7-8,14H,3-4,6,9-11H2,1-2H3/t14-/m0/s1. The maximum atomic E-state index is 6.05. The molecule has 4 heteroatoms. The van der Waals surface area contributed by atoms with E-state index < -0.39 is 0 Å². The largest absolute Gasteiger partial charge is 0.373 e. The van der Waals surface area contributed by atoms with Crippen LogP contribution >= 0.6 is 0 Å². The van der Waals surface area contributed by atoms with Gasteiger partial charge in [0, 0.05) is 38.5 Å². The molecule has 104 valence electrons. The predicted octanol–water partition coefficient (Wildman–Crippen LogP) is 1.77.